The van der Waals surface area contributed by atoms with E-state index in [4.69, 9.17) is 21.4 Å². The number of carbonyl (C=O) groups excluding carboxylic acids is 1. The van der Waals surface area contributed by atoms with Crippen LogP contribution < -0.4 is 10.9 Å². The maximum atomic E-state index is 12.7. The van der Waals surface area contributed by atoms with Crippen LogP contribution in [0.3, 0.4) is 0 Å². The van der Waals surface area contributed by atoms with Gasteiger partial charge >= 0.3 is 0 Å². The fraction of sp³-hybridized carbons (Fsp3) is 0.480. The van der Waals surface area contributed by atoms with Gasteiger partial charge in [0.2, 0.25) is 5.91 Å². The minimum Gasteiger partial charge on any atom is -0.465 e. The van der Waals surface area contributed by atoms with Crippen LogP contribution in [0.1, 0.15) is 43.2 Å². The van der Waals surface area contributed by atoms with Gasteiger partial charge in [-0.1, -0.05) is 18.6 Å². The van der Waals surface area contributed by atoms with Crippen molar-refractivity contribution in [3.63, 3.8) is 0 Å². The van der Waals surface area contributed by atoms with Crippen LogP contribution in [0.15, 0.2) is 45.6 Å². The third kappa shape index (κ3) is 6.02. The average molecular weight is 485 g/mol. The number of amides is 1. The summed E-state index contributed by atoms with van der Waals surface area (Å²) in [5, 5.41) is 3.71. The molecule has 1 amide bonds. The fourth-order valence-corrected chi connectivity index (χ4v) is 4.65. The first-order chi connectivity index (χ1) is 16.5. The zero-order chi connectivity index (χ0) is 23.9. The molecule has 3 aromatic rings. The van der Waals surface area contributed by atoms with Gasteiger partial charge in [-0.3, -0.25) is 19.1 Å². The quantitative estimate of drug-likeness (QED) is 0.337. The third-order valence-electron chi connectivity index (χ3n) is 6.24. The van der Waals surface area contributed by atoms with Crippen LogP contribution in [0.2, 0.25) is 0 Å². The summed E-state index contributed by atoms with van der Waals surface area (Å²) < 4.78 is 13.4. The normalized spacial score (nSPS) is 15.4. The van der Waals surface area contributed by atoms with E-state index < -0.39 is 0 Å². The van der Waals surface area contributed by atoms with E-state index in [0.717, 1.165) is 49.4 Å². The summed E-state index contributed by atoms with van der Waals surface area (Å²) in [4.78, 5) is 30.6. The second-order valence-corrected chi connectivity index (χ2v) is 9.05. The number of hydrogen-bond acceptors (Lipinski definition) is 6. The average Bonchev–Trinajstić information content (AvgIpc) is 3.27. The molecule has 2 N–H and O–H groups in total. The van der Waals surface area contributed by atoms with Crippen molar-refractivity contribution in [1.29, 1.82) is 0 Å². The second kappa shape index (κ2) is 11.6. The zero-order valence-electron chi connectivity index (χ0n) is 19.5. The second-order valence-electron chi connectivity index (χ2n) is 8.66. The number of nitrogens with zero attached hydrogens (tertiary/aromatic N) is 2. The lowest BCUT2D eigenvalue weighted by atomic mass is 10.1. The number of unbranched alkanes of at least 4 members (excludes halogenated alkanes) is 2. The standard InChI is InChI=1S/C25H32N4O4S/c1-18-10-11-22(33-18)21(28-13-15-32-16-14-28)17-26-23(30)9-3-2-6-12-29-24(31)19-7-4-5-8-20(19)27-25(29)34/h4-5,7-8,10-11,21H,2-3,6,9,12-17H2,1H3,(H,26,30)(H,27,34). The van der Waals surface area contributed by atoms with Gasteiger partial charge in [-0.25, -0.2) is 0 Å². The van der Waals surface area contributed by atoms with Crippen LogP contribution in [0.5, 0.6) is 0 Å². The summed E-state index contributed by atoms with van der Waals surface area (Å²) in [7, 11) is 0. The van der Waals surface area contributed by atoms with Crippen molar-refractivity contribution in [1.82, 2.24) is 19.8 Å². The first-order valence-electron chi connectivity index (χ1n) is 11.9. The van der Waals surface area contributed by atoms with Gasteiger partial charge in [-0.15, -0.1) is 0 Å². The Morgan fingerprint density at radius 2 is 1.94 bits per heavy atom. The number of fused-ring (bicyclic) bond motifs is 1. The molecule has 4 rings (SSSR count). The van der Waals surface area contributed by atoms with E-state index >= 15 is 0 Å². The molecular weight excluding hydrogens is 452 g/mol. The molecule has 34 heavy (non-hydrogen) atoms. The highest BCUT2D eigenvalue weighted by atomic mass is 32.1. The SMILES string of the molecule is Cc1ccc(C(CNC(=O)CCCCCn2c(=S)[nH]c3ccccc3c2=O)N2CCOCC2)o1. The minimum atomic E-state index is -0.0700. The smallest absolute Gasteiger partial charge is 0.262 e. The van der Waals surface area contributed by atoms with Crippen LogP contribution in [-0.4, -0.2) is 53.2 Å². The molecule has 0 saturated carbocycles. The lowest BCUT2D eigenvalue weighted by molar-refractivity contribution is -0.121. The molecule has 1 aliphatic rings. The number of H-pyrrole nitrogens is 1. The van der Waals surface area contributed by atoms with E-state index in [9.17, 15) is 9.59 Å². The van der Waals surface area contributed by atoms with Gasteiger partial charge in [0.25, 0.3) is 5.56 Å². The summed E-state index contributed by atoms with van der Waals surface area (Å²) in [5.74, 6) is 1.77. The predicted octanol–water partition coefficient (Wildman–Crippen LogP) is 3.71. The van der Waals surface area contributed by atoms with Gasteiger partial charge in [0.05, 0.1) is 30.2 Å². The number of rotatable bonds is 10. The van der Waals surface area contributed by atoms with Crippen LogP contribution in [0.4, 0.5) is 0 Å². The van der Waals surface area contributed by atoms with Crippen molar-refractivity contribution in [2.75, 3.05) is 32.8 Å². The van der Waals surface area contributed by atoms with Crippen molar-refractivity contribution < 1.29 is 13.9 Å². The van der Waals surface area contributed by atoms with E-state index in [-0.39, 0.29) is 17.5 Å². The first kappa shape index (κ1) is 24.4. The molecule has 1 saturated heterocycles. The lowest BCUT2D eigenvalue weighted by Crippen LogP contribution is -2.43. The van der Waals surface area contributed by atoms with E-state index in [1.54, 1.807) is 10.6 Å². The molecule has 2 aromatic heterocycles. The molecule has 8 nitrogen and oxygen atoms in total. The van der Waals surface area contributed by atoms with Gasteiger partial charge in [0.1, 0.15) is 11.5 Å². The number of furan rings is 1. The molecule has 0 bridgehead atoms. The van der Waals surface area contributed by atoms with E-state index in [2.05, 4.69) is 15.2 Å². The maximum absolute atomic E-state index is 12.7. The van der Waals surface area contributed by atoms with E-state index in [1.165, 1.54) is 0 Å². The number of hydrogen-bond donors (Lipinski definition) is 2. The number of benzene rings is 1. The molecule has 0 aliphatic carbocycles. The number of aromatic amines is 1. The summed E-state index contributed by atoms with van der Waals surface area (Å²) in [6.45, 7) is 5.98. The van der Waals surface area contributed by atoms with E-state index in [1.807, 2.05) is 37.3 Å². The monoisotopic (exact) mass is 484 g/mol. The van der Waals surface area contributed by atoms with Gasteiger partial charge in [-0.05, 0) is 56.2 Å². The lowest BCUT2D eigenvalue weighted by Gasteiger charge is -2.33. The summed E-state index contributed by atoms with van der Waals surface area (Å²) in [5.41, 5.74) is 0.685. The van der Waals surface area contributed by atoms with Crippen molar-refractivity contribution in [2.45, 2.75) is 45.2 Å². The van der Waals surface area contributed by atoms with Gasteiger partial charge in [0.15, 0.2) is 4.77 Å². The highest BCUT2D eigenvalue weighted by molar-refractivity contribution is 7.71. The number of aromatic nitrogens is 2. The van der Waals surface area contributed by atoms with Crippen molar-refractivity contribution in [3.8, 4) is 0 Å². The molecular formula is C25H32N4O4S. The summed E-state index contributed by atoms with van der Waals surface area (Å²) >= 11 is 5.36. The van der Waals surface area contributed by atoms with Crippen LogP contribution >= 0.6 is 12.2 Å². The Hall–Kier alpha value is -2.75. The molecule has 0 spiro atoms. The first-order valence-corrected chi connectivity index (χ1v) is 12.3. The van der Waals surface area contributed by atoms with Gasteiger partial charge < -0.3 is 19.5 Å². The molecule has 9 heteroatoms. The molecule has 1 atom stereocenters. The Bertz CT molecular complexity index is 1230. The molecule has 182 valence electrons. The number of ether oxygens (including phenoxy) is 1. The van der Waals surface area contributed by atoms with Crippen LogP contribution in [-0.2, 0) is 16.1 Å². The Morgan fingerprint density at radius 1 is 1.15 bits per heavy atom. The van der Waals surface area contributed by atoms with E-state index in [0.29, 0.717) is 42.9 Å². The predicted molar refractivity (Wildman–Crippen MR) is 133 cm³/mol. The maximum Gasteiger partial charge on any atom is 0.262 e. The van der Waals surface area contributed by atoms with Gasteiger partial charge in [-0.2, -0.15) is 0 Å². The largest absolute Gasteiger partial charge is 0.465 e. The molecule has 1 unspecified atom stereocenters. The number of para-hydroxylation sites is 1. The van der Waals surface area contributed by atoms with Crippen molar-refractivity contribution >= 4 is 29.0 Å². The van der Waals surface area contributed by atoms with Crippen molar-refractivity contribution in [2.24, 2.45) is 0 Å². The molecule has 1 fully saturated rings. The summed E-state index contributed by atoms with van der Waals surface area (Å²) in [6, 6.07) is 11.3. The Balaban J connectivity index is 1.24. The number of carbonyl (C=O) groups is 1. The minimum absolute atomic E-state index is 0.00283. The summed E-state index contributed by atoms with van der Waals surface area (Å²) in [6.07, 6.45) is 2.83. The number of morpholine rings is 1. The molecule has 1 aliphatic heterocycles. The highest BCUT2D eigenvalue weighted by Crippen LogP contribution is 2.23. The topological polar surface area (TPSA) is 92.5 Å². The van der Waals surface area contributed by atoms with Crippen molar-refractivity contribution in [3.05, 3.63) is 63.0 Å². The van der Waals surface area contributed by atoms with Crippen LogP contribution in [0.25, 0.3) is 10.9 Å². The number of aryl methyl sites for hydroxylation is 1. The molecule has 1 aromatic carbocycles. The zero-order valence-corrected chi connectivity index (χ0v) is 20.4. The Morgan fingerprint density at radius 3 is 2.71 bits per heavy atom. The Kier molecular flexibility index (Phi) is 8.31. The molecule has 3 heterocycles. The van der Waals surface area contributed by atoms with Crippen LogP contribution in [0, 0.1) is 11.7 Å². The fourth-order valence-electron chi connectivity index (χ4n) is 4.36. The highest BCUT2D eigenvalue weighted by Gasteiger charge is 2.25. The van der Waals surface area contributed by atoms with Gasteiger partial charge in [0, 0.05) is 32.6 Å². The third-order valence-corrected chi connectivity index (χ3v) is 6.57. The molecule has 0 radical (unpaired) electrons. The Labute approximate surface area is 203 Å². The number of nitrogens with one attached hydrogen (secondary N) is 2.